The van der Waals surface area contributed by atoms with Crippen LogP contribution >= 0.6 is 0 Å². The van der Waals surface area contributed by atoms with Crippen molar-refractivity contribution in [3.8, 4) is 5.75 Å². The summed E-state index contributed by atoms with van der Waals surface area (Å²) < 4.78 is 19.5. The molecular weight excluding hydrogens is 395 g/mol. The summed E-state index contributed by atoms with van der Waals surface area (Å²) in [4.78, 5) is 25.8. The van der Waals surface area contributed by atoms with Gasteiger partial charge in [0.25, 0.3) is 5.91 Å². The average Bonchev–Trinajstić information content (AvgIpc) is 2.74. The molecule has 1 amide bonds. The van der Waals surface area contributed by atoms with E-state index in [1.807, 2.05) is 68.4 Å². The van der Waals surface area contributed by atoms with E-state index in [0.29, 0.717) is 0 Å². The molecule has 0 aliphatic carbocycles. The Morgan fingerprint density at radius 2 is 1.61 bits per heavy atom. The summed E-state index contributed by atoms with van der Waals surface area (Å²) in [6.45, 7) is 4.87. The maximum atomic E-state index is 14.0. The van der Waals surface area contributed by atoms with Crippen molar-refractivity contribution in [1.29, 1.82) is 0 Å². The molecule has 0 aliphatic heterocycles. The van der Waals surface area contributed by atoms with E-state index < -0.39 is 5.82 Å². The molecule has 6 heteroatoms. The Bertz CT molecular complexity index is 1050. The van der Waals surface area contributed by atoms with Crippen LogP contribution in [0.3, 0.4) is 0 Å². The first-order chi connectivity index (χ1) is 14.8. The second kappa shape index (κ2) is 9.89. The number of benzene rings is 3. The molecule has 3 aromatic rings. The molecule has 0 aliphatic rings. The summed E-state index contributed by atoms with van der Waals surface area (Å²) in [5.74, 6) is -1.09. The van der Waals surface area contributed by atoms with Crippen LogP contribution in [0.1, 0.15) is 31.1 Å². The number of nitrogens with one attached hydrogen (secondary N) is 1. The van der Waals surface area contributed by atoms with Gasteiger partial charge in [-0.05, 0) is 69.3 Å². The largest absolute Gasteiger partial charge is 0.484 e. The SMILES string of the molecule is CC(=O)c1ccc(OCC(=O)N(c2ccc(Nc3ccccc3)cc2)C(C)C)cc1F. The van der Waals surface area contributed by atoms with Crippen LogP contribution in [0.25, 0.3) is 0 Å². The zero-order valence-corrected chi connectivity index (χ0v) is 17.8. The molecule has 5 nitrogen and oxygen atoms in total. The molecule has 0 atom stereocenters. The van der Waals surface area contributed by atoms with E-state index in [4.69, 9.17) is 4.74 Å². The van der Waals surface area contributed by atoms with Gasteiger partial charge in [0, 0.05) is 29.2 Å². The van der Waals surface area contributed by atoms with Crippen LogP contribution in [0.5, 0.6) is 5.75 Å². The highest BCUT2D eigenvalue weighted by Crippen LogP contribution is 2.23. The predicted octanol–water partition coefficient (Wildman–Crippen LogP) is 5.59. The van der Waals surface area contributed by atoms with Crippen LogP contribution in [0.2, 0.25) is 0 Å². The summed E-state index contributed by atoms with van der Waals surface area (Å²) in [5, 5.41) is 3.31. The molecule has 0 bridgehead atoms. The van der Waals surface area contributed by atoms with E-state index in [0.717, 1.165) is 23.1 Å². The van der Waals surface area contributed by atoms with Gasteiger partial charge in [-0.15, -0.1) is 0 Å². The number of para-hydroxylation sites is 1. The van der Waals surface area contributed by atoms with Gasteiger partial charge in [-0.1, -0.05) is 18.2 Å². The summed E-state index contributed by atoms with van der Waals surface area (Å²) in [5.41, 5.74) is 2.61. The first-order valence-electron chi connectivity index (χ1n) is 10.0. The van der Waals surface area contributed by atoms with E-state index in [2.05, 4.69) is 5.32 Å². The minimum absolute atomic E-state index is 0.00770. The Morgan fingerprint density at radius 1 is 0.968 bits per heavy atom. The van der Waals surface area contributed by atoms with Crippen LogP contribution in [0, 0.1) is 5.82 Å². The molecule has 0 aromatic heterocycles. The minimum atomic E-state index is -0.667. The van der Waals surface area contributed by atoms with Crippen molar-refractivity contribution in [1.82, 2.24) is 0 Å². The number of ketones is 1. The number of hydrogen-bond donors (Lipinski definition) is 1. The maximum Gasteiger partial charge on any atom is 0.265 e. The molecular formula is C25H25FN2O3. The third-order valence-corrected chi connectivity index (χ3v) is 4.68. The number of rotatable bonds is 8. The van der Waals surface area contributed by atoms with Gasteiger partial charge in [0.05, 0.1) is 5.56 Å². The monoisotopic (exact) mass is 420 g/mol. The Hall–Kier alpha value is -3.67. The molecule has 0 heterocycles. The molecule has 0 unspecified atom stereocenters. The average molecular weight is 420 g/mol. The van der Waals surface area contributed by atoms with Gasteiger partial charge in [-0.25, -0.2) is 4.39 Å². The lowest BCUT2D eigenvalue weighted by molar-refractivity contribution is -0.120. The van der Waals surface area contributed by atoms with Crippen molar-refractivity contribution in [2.45, 2.75) is 26.8 Å². The number of halogens is 1. The maximum absolute atomic E-state index is 14.0. The van der Waals surface area contributed by atoms with Crippen LogP contribution in [0.15, 0.2) is 72.8 Å². The van der Waals surface area contributed by atoms with Gasteiger partial charge in [0.15, 0.2) is 12.4 Å². The van der Waals surface area contributed by atoms with Gasteiger partial charge >= 0.3 is 0 Å². The molecule has 0 saturated carbocycles. The number of carbonyl (C=O) groups excluding carboxylic acids is 2. The highest BCUT2D eigenvalue weighted by molar-refractivity contribution is 5.95. The van der Waals surface area contributed by atoms with Gasteiger partial charge in [0.2, 0.25) is 0 Å². The number of carbonyl (C=O) groups is 2. The van der Waals surface area contributed by atoms with Crippen molar-refractivity contribution in [3.63, 3.8) is 0 Å². The van der Waals surface area contributed by atoms with Crippen molar-refractivity contribution in [2.75, 3.05) is 16.8 Å². The zero-order chi connectivity index (χ0) is 22.4. The fourth-order valence-electron chi connectivity index (χ4n) is 3.21. The fourth-order valence-corrected chi connectivity index (χ4v) is 3.21. The molecule has 0 radical (unpaired) electrons. The summed E-state index contributed by atoms with van der Waals surface area (Å²) >= 11 is 0. The van der Waals surface area contributed by atoms with Gasteiger partial charge < -0.3 is 15.0 Å². The molecule has 0 spiro atoms. The van der Waals surface area contributed by atoms with Crippen molar-refractivity contribution >= 4 is 28.8 Å². The van der Waals surface area contributed by atoms with Crippen molar-refractivity contribution in [2.24, 2.45) is 0 Å². The minimum Gasteiger partial charge on any atom is -0.484 e. The number of Topliss-reactive ketones (excluding diaryl/α,β-unsaturated/α-hetero) is 1. The fraction of sp³-hybridized carbons (Fsp3) is 0.200. The number of anilines is 3. The van der Waals surface area contributed by atoms with Crippen LogP contribution < -0.4 is 15.0 Å². The Kier molecular flexibility index (Phi) is 7.03. The van der Waals surface area contributed by atoms with Crippen molar-refractivity contribution in [3.05, 3.63) is 84.2 Å². The number of hydrogen-bond acceptors (Lipinski definition) is 4. The molecule has 160 valence electrons. The Morgan fingerprint density at radius 3 is 2.19 bits per heavy atom. The molecule has 3 rings (SSSR count). The first kappa shape index (κ1) is 22.0. The van der Waals surface area contributed by atoms with E-state index in [-0.39, 0.29) is 35.7 Å². The standard InChI is InChI=1S/C25H25FN2O3/c1-17(2)28(21-11-9-20(10-12-21)27-19-7-5-4-6-8-19)25(30)16-31-22-13-14-23(18(3)29)24(26)15-22/h4-15,17,27H,16H2,1-3H3. The van der Waals surface area contributed by atoms with Crippen LogP contribution in [0.4, 0.5) is 21.5 Å². The second-order valence-electron chi connectivity index (χ2n) is 7.38. The summed E-state index contributed by atoms with van der Waals surface area (Å²) in [6.07, 6.45) is 0. The Balaban J connectivity index is 1.67. The number of amides is 1. The third kappa shape index (κ3) is 5.69. The normalized spacial score (nSPS) is 10.6. The topological polar surface area (TPSA) is 58.6 Å². The van der Waals surface area contributed by atoms with E-state index in [1.165, 1.54) is 19.1 Å². The predicted molar refractivity (Wildman–Crippen MR) is 121 cm³/mol. The van der Waals surface area contributed by atoms with E-state index >= 15 is 0 Å². The second-order valence-corrected chi connectivity index (χ2v) is 7.38. The highest BCUT2D eigenvalue weighted by Gasteiger charge is 2.20. The molecule has 31 heavy (non-hydrogen) atoms. The molecule has 3 aromatic carbocycles. The summed E-state index contributed by atoms with van der Waals surface area (Å²) in [7, 11) is 0. The van der Waals surface area contributed by atoms with Gasteiger partial charge in [-0.2, -0.15) is 0 Å². The van der Waals surface area contributed by atoms with Crippen LogP contribution in [-0.2, 0) is 4.79 Å². The van der Waals surface area contributed by atoms with E-state index in [1.54, 1.807) is 4.90 Å². The van der Waals surface area contributed by atoms with E-state index in [9.17, 15) is 14.0 Å². The smallest absolute Gasteiger partial charge is 0.265 e. The number of nitrogens with zero attached hydrogens (tertiary/aromatic N) is 1. The summed E-state index contributed by atoms with van der Waals surface area (Å²) in [6, 6.07) is 21.2. The molecule has 0 fully saturated rings. The van der Waals surface area contributed by atoms with Gasteiger partial charge in [0.1, 0.15) is 11.6 Å². The lowest BCUT2D eigenvalue weighted by atomic mass is 10.1. The number of ether oxygens (including phenoxy) is 1. The van der Waals surface area contributed by atoms with Crippen molar-refractivity contribution < 1.29 is 18.7 Å². The molecule has 0 saturated heterocycles. The lowest BCUT2D eigenvalue weighted by Gasteiger charge is -2.27. The lowest BCUT2D eigenvalue weighted by Crippen LogP contribution is -2.40. The highest BCUT2D eigenvalue weighted by atomic mass is 19.1. The third-order valence-electron chi connectivity index (χ3n) is 4.68. The first-order valence-corrected chi connectivity index (χ1v) is 10.0. The zero-order valence-electron chi connectivity index (χ0n) is 17.8. The molecule has 1 N–H and O–H groups in total. The quantitative estimate of drug-likeness (QED) is 0.483. The van der Waals surface area contributed by atoms with Gasteiger partial charge in [-0.3, -0.25) is 9.59 Å². The Labute approximate surface area is 181 Å². The van der Waals surface area contributed by atoms with Crippen LogP contribution in [-0.4, -0.2) is 24.3 Å².